The number of anilines is 3. The summed E-state index contributed by atoms with van der Waals surface area (Å²) in [7, 11) is 0. The average molecular weight is 1050 g/mol. The zero-order valence-corrected chi connectivity index (χ0v) is 44.8. The van der Waals surface area contributed by atoms with Gasteiger partial charge >= 0.3 is 0 Å². The van der Waals surface area contributed by atoms with Gasteiger partial charge in [0.25, 0.3) is 0 Å². The molecule has 13 aromatic carbocycles. The van der Waals surface area contributed by atoms with Crippen molar-refractivity contribution in [3.05, 3.63) is 315 Å². The molecule has 0 bridgehead atoms. The van der Waals surface area contributed by atoms with Gasteiger partial charge in [-0.25, -0.2) is 0 Å². The quantitative estimate of drug-likeness (QED) is 0.133. The fraction of sp³-hybridized carbons (Fsp3) is 0. The minimum atomic E-state index is 1.08. The van der Waals surface area contributed by atoms with Gasteiger partial charge in [-0.15, -0.1) is 0 Å². The molecule has 0 amide bonds. The van der Waals surface area contributed by atoms with Crippen molar-refractivity contribution in [3.63, 3.8) is 0 Å². The van der Waals surface area contributed by atoms with Gasteiger partial charge in [-0.2, -0.15) is 0 Å². The first kappa shape index (κ1) is 47.1. The highest BCUT2D eigenvalue weighted by Gasteiger charge is 2.19. The Morgan fingerprint density at radius 3 is 0.817 bits per heavy atom. The lowest BCUT2D eigenvalue weighted by Gasteiger charge is -2.26. The van der Waals surface area contributed by atoms with E-state index in [1.807, 2.05) is 0 Å². The first-order valence-corrected chi connectivity index (χ1v) is 28.1. The van der Waals surface area contributed by atoms with Crippen molar-refractivity contribution >= 4 is 82.5 Å². The van der Waals surface area contributed by atoms with Gasteiger partial charge in [-0.1, -0.05) is 194 Å². The Balaban J connectivity index is 0.747. The van der Waals surface area contributed by atoms with Crippen molar-refractivity contribution in [2.24, 2.45) is 0 Å². The second-order valence-corrected chi connectivity index (χ2v) is 21.3. The van der Waals surface area contributed by atoms with E-state index in [-0.39, 0.29) is 0 Å². The summed E-state index contributed by atoms with van der Waals surface area (Å²) in [6.45, 7) is 0. The third kappa shape index (κ3) is 7.91. The highest BCUT2D eigenvalue weighted by atomic mass is 15.1. The van der Waals surface area contributed by atoms with Crippen LogP contribution in [-0.4, -0.2) is 13.7 Å². The largest absolute Gasteiger partial charge is 0.311 e. The standard InChI is InChI=1S/C78H52N4/c1-4-16-61(17-5-1)80-74-26-14-11-23-68(74)71-50-58(39-48-76(71)80)56-34-43-65(44-35-56)79(66-45-36-57(37-46-66)59-40-49-77-72(51-59)69-24-12-15-27-75(69)81(77)62-18-6-2-7-19-62)64-41-32-54(33-42-64)53-28-30-55(31-29-53)60-38-47-70-67-22-10-13-25-73(67)82(78(70)52-60)63-20-8-3-9-21-63/h1-52H. The molecule has 0 saturated heterocycles. The van der Waals surface area contributed by atoms with Crippen LogP contribution in [0.2, 0.25) is 0 Å². The van der Waals surface area contributed by atoms with Gasteiger partial charge in [0, 0.05) is 66.4 Å². The molecule has 4 nitrogen and oxygen atoms in total. The molecule has 82 heavy (non-hydrogen) atoms. The number of rotatable bonds is 10. The van der Waals surface area contributed by atoms with E-state index >= 15 is 0 Å². The highest BCUT2D eigenvalue weighted by Crippen LogP contribution is 2.42. The van der Waals surface area contributed by atoms with Crippen molar-refractivity contribution in [2.45, 2.75) is 0 Å². The second kappa shape index (κ2) is 19.5. The van der Waals surface area contributed by atoms with Crippen LogP contribution in [-0.2, 0) is 0 Å². The lowest BCUT2D eigenvalue weighted by Crippen LogP contribution is -2.09. The number of para-hydroxylation sites is 6. The van der Waals surface area contributed by atoms with Gasteiger partial charge in [0.2, 0.25) is 0 Å². The summed E-state index contributed by atoms with van der Waals surface area (Å²) >= 11 is 0. The maximum atomic E-state index is 2.38. The molecule has 0 aliphatic rings. The van der Waals surface area contributed by atoms with Crippen molar-refractivity contribution in [2.75, 3.05) is 4.90 Å². The van der Waals surface area contributed by atoms with Crippen LogP contribution in [0.25, 0.3) is 127 Å². The van der Waals surface area contributed by atoms with E-state index in [0.717, 1.165) is 39.7 Å². The van der Waals surface area contributed by atoms with Gasteiger partial charge in [0.15, 0.2) is 0 Å². The highest BCUT2D eigenvalue weighted by molar-refractivity contribution is 6.13. The SMILES string of the molecule is c1ccc(-n2c3ccccc3c3cc(-c4ccc(N(c5ccc(-c6ccc(-c7ccc8c9ccccc9n(-c9ccccc9)c8c7)cc6)cc5)c5ccc(-c6ccc7c(c6)c6ccccc6n7-c6ccccc6)cc5)cc4)ccc32)cc1. The fourth-order valence-electron chi connectivity index (χ4n) is 12.7. The fourth-order valence-corrected chi connectivity index (χ4v) is 12.7. The summed E-state index contributed by atoms with van der Waals surface area (Å²) < 4.78 is 7.13. The molecule has 0 atom stereocenters. The lowest BCUT2D eigenvalue weighted by molar-refractivity contribution is 1.18. The molecular weight excluding hydrogens is 993 g/mol. The number of aromatic nitrogens is 3. The zero-order chi connectivity index (χ0) is 54.1. The Morgan fingerprint density at radius 2 is 0.427 bits per heavy atom. The Labute approximate surface area is 475 Å². The predicted molar refractivity (Wildman–Crippen MR) is 346 cm³/mol. The van der Waals surface area contributed by atoms with Gasteiger partial charge in [0.05, 0.1) is 33.1 Å². The second-order valence-electron chi connectivity index (χ2n) is 21.3. The van der Waals surface area contributed by atoms with E-state index in [9.17, 15) is 0 Å². The van der Waals surface area contributed by atoms with Gasteiger partial charge in [0.1, 0.15) is 0 Å². The van der Waals surface area contributed by atoms with E-state index in [0.29, 0.717) is 0 Å². The van der Waals surface area contributed by atoms with Crippen molar-refractivity contribution in [1.82, 2.24) is 13.7 Å². The predicted octanol–water partition coefficient (Wildman–Crippen LogP) is 21.1. The van der Waals surface area contributed by atoms with Crippen LogP contribution in [0.1, 0.15) is 0 Å². The van der Waals surface area contributed by atoms with E-state index < -0.39 is 0 Å². The normalized spacial score (nSPS) is 11.7. The molecule has 0 saturated carbocycles. The van der Waals surface area contributed by atoms with Crippen LogP contribution in [0.15, 0.2) is 315 Å². The smallest absolute Gasteiger partial charge is 0.0547 e. The molecule has 0 aliphatic carbocycles. The number of nitrogens with zero attached hydrogens (tertiary/aromatic N) is 4. The summed E-state index contributed by atoms with van der Waals surface area (Å²) in [4.78, 5) is 2.37. The van der Waals surface area contributed by atoms with Gasteiger partial charge in [-0.05, 0) is 166 Å². The van der Waals surface area contributed by atoms with Gasteiger partial charge in [-0.3, -0.25) is 0 Å². The monoisotopic (exact) mass is 1040 g/mol. The van der Waals surface area contributed by atoms with Crippen molar-refractivity contribution < 1.29 is 0 Å². The first-order chi connectivity index (χ1) is 40.7. The maximum Gasteiger partial charge on any atom is 0.0547 e. The summed E-state index contributed by atoms with van der Waals surface area (Å²) in [6, 6.07) is 115. The van der Waals surface area contributed by atoms with Crippen molar-refractivity contribution in [1.29, 1.82) is 0 Å². The van der Waals surface area contributed by atoms with Crippen LogP contribution in [0.3, 0.4) is 0 Å². The molecule has 16 rings (SSSR count). The van der Waals surface area contributed by atoms with Gasteiger partial charge < -0.3 is 18.6 Å². The Morgan fingerprint density at radius 1 is 0.171 bits per heavy atom. The molecule has 0 fully saturated rings. The van der Waals surface area contributed by atoms with Crippen LogP contribution < -0.4 is 4.90 Å². The zero-order valence-electron chi connectivity index (χ0n) is 44.8. The van der Waals surface area contributed by atoms with Crippen LogP contribution in [0.4, 0.5) is 17.1 Å². The van der Waals surface area contributed by atoms with E-state index in [1.54, 1.807) is 0 Å². The summed E-state index contributed by atoms with van der Waals surface area (Å²) in [6.07, 6.45) is 0. The van der Waals surface area contributed by atoms with E-state index in [2.05, 4.69) is 334 Å². The van der Waals surface area contributed by atoms with E-state index in [1.165, 1.54) is 104 Å². The summed E-state index contributed by atoms with van der Waals surface area (Å²) in [5, 5.41) is 7.48. The Kier molecular flexibility index (Phi) is 11.2. The third-order valence-electron chi connectivity index (χ3n) is 16.7. The van der Waals surface area contributed by atoms with E-state index in [4.69, 9.17) is 0 Å². The number of fused-ring (bicyclic) bond motifs is 9. The lowest BCUT2D eigenvalue weighted by atomic mass is 9.99. The molecule has 0 aliphatic heterocycles. The molecular formula is C78H52N4. The van der Waals surface area contributed by atoms with Crippen LogP contribution in [0, 0.1) is 0 Å². The third-order valence-corrected chi connectivity index (χ3v) is 16.7. The Hall–Kier alpha value is -10.9. The van der Waals surface area contributed by atoms with Crippen LogP contribution >= 0.6 is 0 Å². The molecule has 0 radical (unpaired) electrons. The Bertz CT molecular complexity index is 4830. The molecule has 0 unspecified atom stereocenters. The average Bonchev–Trinajstić information content (AvgIpc) is 4.18. The molecule has 3 heterocycles. The topological polar surface area (TPSA) is 18.0 Å². The molecule has 16 aromatic rings. The molecule has 0 N–H and O–H groups in total. The van der Waals surface area contributed by atoms with Crippen molar-refractivity contribution in [3.8, 4) is 61.6 Å². The number of benzene rings is 13. The molecule has 4 heteroatoms. The maximum absolute atomic E-state index is 2.38. The minimum Gasteiger partial charge on any atom is -0.311 e. The molecule has 0 spiro atoms. The minimum absolute atomic E-state index is 1.08. The number of hydrogen-bond acceptors (Lipinski definition) is 1. The molecule has 3 aromatic heterocycles. The first-order valence-electron chi connectivity index (χ1n) is 28.1. The van der Waals surface area contributed by atoms with Crippen LogP contribution in [0.5, 0.6) is 0 Å². The molecule has 384 valence electrons. The summed E-state index contributed by atoms with van der Waals surface area (Å²) in [5.74, 6) is 0. The number of hydrogen-bond donors (Lipinski definition) is 0. The summed E-state index contributed by atoms with van der Waals surface area (Å²) in [5.41, 5.74) is 23.3.